The number of fused-ring (bicyclic) bond motifs is 1. The smallest absolute Gasteiger partial charge is 0.303 e. The van der Waals surface area contributed by atoms with Crippen molar-refractivity contribution in [3.63, 3.8) is 0 Å². The Hall–Kier alpha value is -4.62. The number of nitrogens with zero attached hydrogens (tertiary/aromatic N) is 1. The minimum Gasteiger partial charge on any atom is -0.455 e. The molecule has 2 amide bonds. The molecule has 11 atom stereocenters. The van der Waals surface area contributed by atoms with Crippen LogP contribution in [0.2, 0.25) is 18.1 Å². The largest absolute Gasteiger partial charge is 0.455 e. The minimum absolute atomic E-state index is 0.0156. The van der Waals surface area contributed by atoms with Crippen LogP contribution in [0.1, 0.15) is 78.4 Å². The summed E-state index contributed by atoms with van der Waals surface area (Å²) in [7, 11) is -2.83. The quantitative estimate of drug-likeness (QED) is 0.0751. The van der Waals surface area contributed by atoms with Crippen molar-refractivity contribution in [1.29, 1.82) is 0 Å². The van der Waals surface area contributed by atoms with Gasteiger partial charge in [0.05, 0.1) is 26.4 Å². The molecule has 15 nitrogen and oxygen atoms in total. The molecule has 0 N–H and O–H groups in total. The Kier molecular flexibility index (Phi) is 16.0. The van der Waals surface area contributed by atoms with Crippen LogP contribution in [-0.4, -0.2) is 112 Å². The van der Waals surface area contributed by atoms with Crippen LogP contribution in [0, 0.1) is 5.92 Å². The Morgan fingerprint density at radius 1 is 0.731 bits per heavy atom. The van der Waals surface area contributed by atoms with E-state index in [0.717, 1.165) is 16.7 Å². The zero-order chi connectivity index (χ0) is 48.2. The third kappa shape index (κ3) is 11.1. The van der Waals surface area contributed by atoms with Gasteiger partial charge in [0.25, 0.3) is 11.8 Å². The highest BCUT2D eigenvalue weighted by atomic mass is 28.4. The molecule has 0 unspecified atom stereocenters. The summed E-state index contributed by atoms with van der Waals surface area (Å²) in [5.41, 5.74) is 2.99. The molecular formula is C51H65NO14Si. The molecule has 3 aromatic carbocycles. The van der Waals surface area contributed by atoms with E-state index in [0.29, 0.717) is 0 Å². The van der Waals surface area contributed by atoms with Crippen molar-refractivity contribution in [1.82, 2.24) is 4.90 Å². The topological polar surface area (TPSA) is 164 Å². The third-order valence-electron chi connectivity index (χ3n) is 13.9. The van der Waals surface area contributed by atoms with Crippen molar-refractivity contribution < 1.29 is 66.2 Å². The fourth-order valence-corrected chi connectivity index (χ4v) is 11.3. The first kappa shape index (κ1) is 50.3. The second-order valence-electron chi connectivity index (χ2n) is 19.0. The maximum Gasteiger partial charge on any atom is 0.303 e. The first-order valence-corrected chi connectivity index (χ1v) is 25.9. The van der Waals surface area contributed by atoms with Crippen molar-refractivity contribution in [3.05, 3.63) is 119 Å². The second kappa shape index (κ2) is 21.3. The molecule has 4 heterocycles. The molecule has 0 spiro atoms. The average molecular weight is 944 g/mol. The fraction of sp³-hybridized carbons (Fsp3) is 0.529. The van der Waals surface area contributed by atoms with Gasteiger partial charge in [0.15, 0.2) is 39.4 Å². The molecule has 4 aliphatic heterocycles. The van der Waals surface area contributed by atoms with Gasteiger partial charge in [0, 0.05) is 30.6 Å². The van der Waals surface area contributed by atoms with E-state index in [1.807, 2.05) is 91.0 Å². The summed E-state index contributed by atoms with van der Waals surface area (Å²) in [5.74, 6) is -2.22. The van der Waals surface area contributed by atoms with Crippen LogP contribution in [0.5, 0.6) is 0 Å². The summed E-state index contributed by atoms with van der Waals surface area (Å²) in [4.78, 5) is 56.0. The number of benzene rings is 3. The molecule has 7 rings (SSSR count). The number of rotatable bonds is 17. The van der Waals surface area contributed by atoms with Gasteiger partial charge in [-0.25, -0.2) is 0 Å². The maximum atomic E-state index is 14.4. The van der Waals surface area contributed by atoms with Crippen LogP contribution in [0.15, 0.2) is 102 Å². The van der Waals surface area contributed by atoms with Gasteiger partial charge >= 0.3 is 11.9 Å². The second-order valence-corrected chi connectivity index (χ2v) is 23.5. The van der Waals surface area contributed by atoms with Gasteiger partial charge in [-0.2, -0.15) is 0 Å². The van der Waals surface area contributed by atoms with Crippen LogP contribution >= 0.6 is 0 Å². The Balaban J connectivity index is 1.34. The van der Waals surface area contributed by atoms with Crippen LogP contribution in [-0.2, 0) is 79.4 Å². The molecule has 3 saturated heterocycles. The molecular weight excluding hydrogens is 879 g/mol. The zero-order valence-corrected chi connectivity index (χ0v) is 41.1. The molecule has 362 valence electrons. The van der Waals surface area contributed by atoms with Crippen LogP contribution < -0.4 is 0 Å². The summed E-state index contributed by atoms with van der Waals surface area (Å²) in [6.45, 7) is 18.6. The highest BCUT2D eigenvalue weighted by molar-refractivity contribution is 6.74. The van der Waals surface area contributed by atoms with E-state index in [1.165, 1.54) is 18.7 Å². The molecule has 4 aliphatic rings. The van der Waals surface area contributed by atoms with Gasteiger partial charge in [-0.1, -0.05) is 119 Å². The highest BCUT2D eigenvalue weighted by Gasteiger charge is 2.60. The molecule has 67 heavy (non-hydrogen) atoms. The maximum absolute atomic E-state index is 14.4. The van der Waals surface area contributed by atoms with Crippen LogP contribution in [0.25, 0.3) is 0 Å². The molecule has 3 aromatic rings. The van der Waals surface area contributed by atoms with E-state index in [2.05, 4.69) is 40.8 Å². The van der Waals surface area contributed by atoms with Gasteiger partial charge < -0.3 is 47.1 Å². The van der Waals surface area contributed by atoms with E-state index in [-0.39, 0.29) is 48.5 Å². The lowest BCUT2D eigenvalue weighted by molar-refractivity contribution is -0.383. The lowest BCUT2D eigenvalue weighted by Crippen LogP contribution is -2.71. The summed E-state index contributed by atoms with van der Waals surface area (Å²) < 4.78 is 66.0. The molecule has 0 aliphatic carbocycles. The molecule has 3 fully saturated rings. The SMILES string of the molecule is CC(=O)O[C@@H]1[C@@H](OC(C)=O)[C@H](O[C@H]2[C@H](OCc3ccccc3)[C@@H](N3C(=O)C(C)=C(C)C3=O)[C@H](O[Si](C)(C)C(C)(C)C(C)C)O[C@@H]2COCc2ccccc2)O[C@@H]2CO[C@@H](c3ccccc3)O[C@@H]12. The number of ether oxygens (including phenoxy) is 9. The zero-order valence-electron chi connectivity index (χ0n) is 40.1. The highest BCUT2D eigenvalue weighted by Crippen LogP contribution is 2.47. The Morgan fingerprint density at radius 2 is 1.28 bits per heavy atom. The van der Waals surface area contributed by atoms with Gasteiger partial charge in [-0.15, -0.1) is 0 Å². The monoisotopic (exact) mass is 943 g/mol. The standard InChI is InChI=1S/C51H65NO14Si/c1-30(2)51(7,8)67(9,10)66-49-40(52-46(55)31(3)32(4)47(52)56)43(58-27-36-22-16-12-17-23-36)41(38(62-49)28-57-26-35-20-14-11-15-21-35)65-50-45(61-34(6)54)44(60-33(5)53)42-39(63-50)29-59-48(64-42)37-24-18-13-19-25-37/h11-25,30,38-45,48-50H,26-29H2,1-10H3/t38-,39-,40-,41-,42-,43-,44+,45-,48-,49+,50+/m1/s1. The normalized spacial score (nSPS) is 29.2. The summed E-state index contributed by atoms with van der Waals surface area (Å²) in [5, 5.41) is -0.323. The number of hydrogen-bond acceptors (Lipinski definition) is 14. The number of carbonyl (C=O) groups excluding carboxylic acids is 4. The lowest BCUT2D eigenvalue weighted by Gasteiger charge is -2.53. The number of hydrogen-bond donors (Lipinski definition) is 0. The predicted molar refractivity (Wildman–Crippen MR) is 246 cm³/mol. The van der Waals surface area contributed by atoms with Gasteiger partial charge in [0.2, 0.25) is 0 Å². The van der Waals surface area contributed by atoms with Crippen molar-refractivity contribution in [3.8, 4) is 0 Å². The van der Waals surface area contributed by atoms with Crippen molar-refractivity contribution in [2.45, 2.75) is 154 Å². The Morgan fingerprint density at radius 3 is 1.85 bits per heavy atom. The fourth-order valence-electron chi connectivity index (χ4n) is 8.80. The molecule has 16 heteroatoms. The van der Waals surface area contributed by atoms with E-state index in [9.17, 15) is 19.2 Å². The lowest BCUT2D eigenvalue weighted by atomic mass is 9.93. The van der Waals surface area contributed by atoms with Crippen molar-refractivity contribution in [2.24, 2.45) is 5.92 Å². The average Bonchev–Trinajstić information content (AvgIpc) is 3.48. The van der Waals surface area contributed by atoms with E-state index >= 15 is 0 Å². The van der Waals surface area contributed by atoms with Crippen molar-refractivity contribution in [2.75, 3.05) is 13.2 Å². The Bertz CT molecular complexity index is 2200. The Labute approximate surface area is 394 Å². The summed E-state index contributed by atoms with van der Waals surface area (Å²) in [6.07, 6.45) is -11.5. The molecule has 0 aromatic heterocycles. The molecule has 0 bridgehead atoms. The number of imide groups is 1. The van der Waals surface area contributed by atoms with E-state index in [4.69, 9.17) is 47.1 Å². The van der Waals surface area contributed by atoms with Gasteiger partial charge in [-0.3, -0.25) is 24.1 Å². The first-order chi connectivity index (χ1) is 31.9. The van der Waals surface area contributed by atoms with E-state index < -0.39 is 99.7 Å². The third-order valence-corrected chi connectivity index (χ3v) is 18.4. The predicted octanol–water partition coefficient (Wildman–Crippen LogP) is 7.33. The number of carbonyl (C=O) groups is 4. The van der Waals surface area contributed by atoms with Crippen molar-refractivity contribution >= 4 is 32.1 Å². The minimum atomic E-state index is -2.83. The summed E-state index contributed by atoms with van der Waals surface area (Å²) in [6, 6.07) is 27.1. The van der Waals surface area contributed by atoms with Gasteiger partial charge in [0.1, 0.15) is 36.6 Å². The number of esters is 2. The van der Waals surface area contributed by atoms with Crippen LogP contribution in [0.4, 0.5) is 0 Å². The van der Waals surface area contributed by atoms with Gasteiger partial charge in [-0.05, 0) is 49.0 Å². The first-order valence-electron chi connectivity index (χ1n) is 23.0. The van der Waals surface area contributed by atoms with E-state index in [1.54, 1.807) is 13.8 Å². The van der Waals surface area contributed by atoms with Crippen LogP contribution in [0.3, 0.4) is 0 Å². The number of amides is 2. The molecule has 0 radical (unpaired) electrons. The summed E-state index contributed by atoms with van der Waals surface area (Å²) >= 11 is 0. The molecule has 0 saturated carbocycles.